The van der Waals surface area contributed by atoms with Gasteiger partial charge in [0.05, 0.1) is 7.11 Å². The average molecular weight is 350 g/mol. The molecule has 0 bridgehead atoms. The molecule has 0 radical (unpaired) electrons. The molecule has 0 spiro atoms. The minimum Gasteiger partial charge on any atom is -0.544 e. The Bertz CT molecular complexity index is 399. The highest BCUT2D eigenvalue weighted by Crippen LogP contribution is 2.24. The number of halogens is 1. The van der Waals surface area contributed by atoms with Crippen molar-refractivity contribution in [2.24, 2.45) is 0 Å². The summed E-state index contributed by atoms with van der Waals surface area (Å²) >= 11 is 2.16. The number of carbonyl (C=O) groups is 1. The van der Waals surface area contributed by atoms with Crippen molar-refractivity contribution in [1.29, 1.82) is 0 Å². The number of carbonyl (C=O) groups excluding carboxylic acids is 1. The standard InChI is InChI=1S/C11H15IO3Si/c1-14-11(13)9-7-8(12)5-6-10(9)15-16(2,3)4/h5-7H,1-4H3. The quantitative estimate of drug-likeness (QED) is 0.477. The van der Waals surface area contributed by atoms with E-state index in [-0.39, 0.29) is 5.97 Å². The molecule has 1 aromatic carbocycles. The van der Waals surface area contributed by atoms with E-state index in [1.807, 2.05) is 12.1 Å². The van der Waals surface area contributed by atoms with Gasteiger partial charge in [0.2, 0.25) is 8.32 Å². The molecule has 0 saturated heterocycles. The molecule has 0 atom stereocenters. The molecular weight excluding hydrogens is 335 g/mol. The maximum atomic E-state index is 11.6. The van der Waals surface area contributed by atoms with E-state index >= 15 is 0 Å². The zero-order valence-electron chi connectivity index (χ0n) is 9.83. The summed E-state index contributed by atoms with van der Waals surface area (Å²) in [6.45, 7) is 6.23. The Balaban J connectivity index is 3.13. The van der Waals surface area contributed by atoms with E-state index in [0.29, 0.717) is 11.3 Å². The lowest BCUT2D eigenvalue weighted by Crippen LogP contribution is -2.30. The van der Waals surface area contributed by atoms with Crippen LogP contribution in [0.4, 0.5) is 0 Å². The maximum Gasteiger partial charge on any atom is 0.341 e. The molecule has 0 fully saturated rings. The normalized spacial score (nSPS) is 11.1. The van der Waals surface area contributed by atoms with Gasteiger partial charge in [0.1, 0.15) is 11.3 Å². The Hall–Kier alpha value is -0.563. The van der Waals surface area contributed by atoms with Crippen molar-refractivity contribution in [3.8, 4) is 5.75 Å². The van der Waals surface area contributed by atoms with E-state index in [0.717, 1.165) is 3.57 Å². The van der Waals surface area contributed by atoms with Gasteiger partial charge >= 0.3 is 5.97 Å². The van der Waals surface area contributed by atoms with E-state index in [4.69, 9.17) is 9.16 Å². The van der Waals surface area contributed by atoms with Crippen LogP contribution >= 0.6 is 22.6 Å². The third-order valence-electron chi connectivity index (χ3n) is 1.76. The lowest BCUT2D eigenvalue weighted by molar-refractivity contribution is 0.0598. The molecular formula is C11H15IO3Si. The lowest BCUT2D eigenvalue weighted by atomic mass is 10.2. The van der Waals surface area contributed by atoms with E-state index in [9.17, 15) is 4.79 Å². The molecule has 16 heavy (non-hydrogen) atoms. The second kappa shape index (κ2) is 5.18. The van der Waals surface area contributed by atoms with Gasteiger partial charge in [-0.1, -0.05) is 0 Å². The fourth-order valence-electron chi connectivity index (χ4n) is 1.19. The lowest BCUT2D eigenvalue weighted by Gasteiger charge is -2.21. The highest BCUT2D eigenvalue weighted by Gasteiger charge is 2.21. The van der Waals surface area contributed by atoms with Gasteiger partial charge in [-0.05, 0) is 60.4 Å². The number of hydrogen-bond acceptors (Lipinski definition) is 3. The highest BCUT2D eigenvalue weighted by molar-refractivity contribution is 14.1. The Kier molecular flexibility index (Phi) is 4.37. The van der Waals surface area contributed by atoms with Crippen LogP contribution in [0.3, 0.4) is 0 Å². The van der Waals surface area contributed by atoms with Crippen LogP contribution in [0.1, 0.15) is 10.4 Å². The Morgan fingerprint density at radius 1 is 1.31 bits per heavy atom. The van der Waals surface area contributed by atoms with Gasteiger partial charge in [-0.25, -0.2) is 4.79 Å². The second-order valence-corrected chi connectivity index (χ2v) is 10.0. The number of esters is 1. The first-order valence-corrected chi connectivity index (χ1v) is 9.39. The van der Waals surface area contributed by atoms with Crippen LogP contribution in [0, 0.1) is 3.57 Å². The number of hydrogen-bond donors (Lipinski definition) is 0. The summed E-state index contributed by atoms with van der Waals surface area (Å²) in [7, 11) is -0.340. The Morgan fingerprint density at radius 2 is 1.94 bits per heavy atom. The van der Waals surface area contributed by atoms with Gasteiger partial charge in [-0.3, -0.25) is 0 Å². The summed E-state index contributed by atoms with van der Waals surface area (Å²) in [5.41, 5.74) is 0.497. The highest BCUT2D eigenvalue weighted by atomic mass is 127. The van der Waals surface area contributed by atoms with Crippen molar-refractivity contribution in [3.05, 3.63) is 27.3 Å². The first-order chi connectivity index (χ1) is 7.33. The molecule has 5 heteroatoms. The van der Waals surface area contributed by atoms with Gasteiger partial charge in [0.25, 0.3) is 0 Å². The van der Waals surface area contributed by atoms with Gasteiger partial charge < -0.3 is 9.16 Å². The molecule has 0 saturated carbocycles. The molecule has 0 unspecified atom stereocenters. The van der Waals surface area contributed by atoms with Crippen LogP contribution in [-0.4, -0.2) is 21.4 Å². The fraction of sp³-hybridized carbons (Fsp3) is 0.364. The third-order valence-corrected chi connectivity index (χ3v) is 3.27. The maximum absolute atomic E-state index is 11.6. The van der Waals surface area contributed by atoms with Crippen molar-refractivity contribution in [2.75, 3.05) is 7.11 Å². The minimum atomic E-state index is -1.72. The van der Waals surface area contributed by atoms with Crippen molar-refractivity contribution in [2.45, 2.75) is 19.6 Å². The topological polar surface area (TPSA) is 35.5 Å². The summed E-state index contributed by atoms with van der Waals surface area (Å²) in [4.78, 5) is 11.6. The fourth-order valence-corrected chi connectivity index (χ4v) is 2.52. The van der Waals surface area contributed by atoms with Crippen molar-refractivity contribution >= 4 is 36.9 Å². The van der Waals surface area contributed by atoms with Crippen LogP contribution in [-0.2, 0) is 4.74 Å². The predicted molar refractivity (Wildman–Crippen MR) is 74.5 cm³/mol. The van der Waals surface area contributed by atoms with E-state index in [1.165, 1.54) is 7.11 Å². The van der Waals surface area contributed by atoms with Gasteiger partial charge in [0.15, 0.2) is 0 Å². The molecule has 0 N–H and O–H groups in total. The molecule has 0 amide bonds. The van der Waals surface area contributed by atoms with Crippen LogP contribution in [0.15, 0.2) is 18.2 Å². The molecule has 0 aliphatic rings. The number of benzene rings is 1. The van der Waals surface area contributed by atoms with Gasteiger partial charge in [-0.15, -0.1) is 0 Å². The average Bonchev–Trinajstić information content (AvgIpc) is 2.17. The summed E-state index contributed by atoms with van der Waals surface area (Å²) in [6.07, 6.45) is 0. The summed E-state index contributed by atoms with van der Waals surface area (Å²) in [6, 6.07) is 5.52. The summed E-state index contributed by atoms with van der Waals surface area (Å²) < 4.78 is 11.6. The van der Waals surface area contributed by atoms with Crippen LogP contribution in [0.2, 0.25) is 19.6 Å². The zero-order chi connectivity index (χ0) is 12.3. The predicted octanol–water partition coefficient (Wildman–Crippen LogP) is 3.29. The molecule has 0 aromatic heterocycles. The molecule has 0 aliphatic carbocycles. The smallest absolute Gasteiger partial charge is 0.341 e. The minimum absolute atomic E-state index is 0.355. The third kappa shape index (κ3) is 3.78. The van der Waals surface area contributed by atoms with Crippen LogP contribution in [0.25, 0.3) is 0 Å². The molecule has 3 nitrogen and oxygen atoms in total. The number of ether oxygens (including phenoxy) is 1. The van der Waals surface area contributed by atoms with Gasteiger partial charge in [0, 0.05) is 3.57 Å². The summed E-state index contributed by atoms with van der Waals surface area (Å²) in [5.74, 6) is 0.262. The van der Waals surface area contributed by atoms with Gasteiger partial charge in [-0.2, -0.15) is 0 Å². The first-order valence-electron chi connectivity index (χ1n) is 4.90. The summed E-state index contributed by atoms with van der Waals surface area (Å²) in [5, 5.41) is 0. The Labute approximate surface area is 110 Å². The Morgan fingerprint density at radius 3 is 2.44 bits per heavy atom. The van der Waals surface area contributed by atoms with Crippen molar-refractivity contribution in [1.82, 2.24) is 0 Å². The van der Waals surface area contributed by atoms with E-state index in [1.54, 1.807) is 6.07 Å². The van der Waals surface area contributed by atoms with E-state index in [2.05, 4.69) is 42.2 Å². The molecule has 1 aromatic rings. The van der Waals surface area contributed by atoms with E-state index < -0.39 is 8.32 Å². The SMILES string of the molecule is COC(=O)c1cc(I)ccc1O[Si](C)(C)C. The zero-order valence-corrected chi connectivity index (χ0v) is 13.0. The molecule has 0 heterocycles. The van der Waals surface area contributed by atoms with Crippen LogP contribution < -0.4 is 4.43 Å². The largest absolute Gasteiger partial charge is 0.544 e. The number of rotatable bonds is 3. The molecule has 0 aliphatic heterocycles. The molecule has 1 rings (SSSR count). The van der Waals surface area contributed by atoms with Crippen LogP contribution in [0.5, 0.6) is 5.75 Å². The number of methoxy groups -OCH3 is 1. The second-order valence-electron chi connectivity index (χ2n) is 4.35. The van der Waals surface area contributed by atoms with Crippen molar-refractivity contribution < 1.29 is 14.0 Å². The monoisotopic (exact) mass is 350 g/mol. The first kappa shape index (κ1) is 13.5. The molecule has 88 valence electrons. The van der Waals surface area contributed by atoms with Crippen molar-refractivity contribution in [3.63, 3.8) is 0 Å².